The molecule has 35 heavy (non-hydrogen) atoms. The second kappa shape index (κ2) is 9.29. The number of carbonyl (C=O) groups is 2. The molecule has 1 aliphatic heterocycles. The highest BCUT2D eigenvalue weighted by Crippen LogP contribution is 2.43. The van der Waals surface area contributed by atoms with E-state index in [9.17, 15) is 19.8 Å². The van der Waals surface area contributed by atoms with E-state index in [1.807, 2.05) is 52.8 Å². The van der Waals surface area contributed by atoms with Crippen LogP contribution >= 0.6 is 0 Å². The zero-order valence-corrected chi connectivity index (χ0v) is 20.5. The van der Waals surface area contributed by atoms with Crippen molar-refractivity contribution in [2.75, 3.05) is 4.90 Å². The van der Waals surface area contributed by atoms with Gasteiger partial charge in [-0.15, -0.1) is 0 Å². The van der Waals surface area contributed by atoms with E-state index in [0.717, 1.165) is 16.7 Å². The normalized spacial score (nSPS) is 17.3. The van der Waals surface area contributed by atoms with E-state index in [1.165, 1.54) is 17.0 Å². The molecule has 2 N–H and O–H groups in total. The molecule has 0 saturated carbocycles. The maximum absolute atomic E-state index is 13.3. The third-order valence-corrected chi connectivity index (χ3v) is 6.08. The van der Waals surface area contributed by atoms with Gasteiger partial charge in [0.25, 0.3) is 11.7 Å². The van der Waals surface area contributed by atoms with Crippen LogP contribution < -0.4 is 9.64 Å². The third kappa shape index (κ3) is 4.52. The van der Waals surface area contributed by atoms with Gasteiger partial charge in [-0.2, -0.15) is 0 Å². The molecular weight excluding hydrogens is 442 g/mol. The van der Waals surface area contributed by atoms with Crippen LogP contribution in [0.25, 0.3) is 5.76 Å². The second-order valence-corrected chi connectivity index (χ2v) is 9.20. The Bertz CT molecular complexity index is 1340. The monoisotopic (exact) mass is 471 g/mol. The Morgan fingerprint density at radius 3 is 2.20 bits per heavy atom. The number of Topliss-reactive ketones (excluding diaryl/α,β-unsaturated/α-hetero) is 1. The van der Waals surface area contributed by atoms with Crippen LogP contribution in [0.5, 0.6) is 11.5 Å². The summed E-state index contributed by atoms with van der Waals surface area (Å²) in [4.78, 5) is 28.1. The van der Waals surface area contributed by atoms with E-state index in [-0.39, 0.29) is 23.2 Å². The fourth-order valence-electron chi connectivity index (χ4n) is 4.47. The number of aryl methyl sites for hydroxylation is 3. The maximum Gasteiger partial charge on any atom is 0.300 e. The Morgan fingerprint density at radius 1 is 0.914 bits per heavy atom. The van der Waals surface area contributed by atoms with Crippen LogP contribution in [-0.4, -0.2) is 28.0 Å². The molecule has 1 atom stereocenters. The van der Waals surface area contributed by atoms with Gasteiger partial charge < -0.3 is 14.9 Å². The molecule has 0 aliphatic carbocycles. The highest BCUT2D eigenvalue weighted by molar-refractivity contribution is 6.51. The van der Waals surface area contributed by atoms with Crippen molar-refractivity contribution in [1.82, 2.24) is 0 Å². The third-order valence-electron chi connectivity index (χ3n) is 6.08. The van der Waals surface area contributed by atoms with E-state index in [4.69, 9.17) is 4.74 Å². The number of aliphatic hydroxyl groups is 1. The van der Waals surface area contributed by atoms with Crippen molar-refractivity contribution in [2.45, 2.75) is 46.8 Å². The first kappa shape index (κ1) is 24.1. The SMILES string of the molecule is Cc1ccc(N2C(=O)C(=O)/C(=C(/O)c3ccc(OC(C)C)c(C)c3)C2c2ccc(O)cc2)c(C)c1. The van der Waals surface area contributed by atoms with Crippen LogP contribution in [0, 0.1) is 20.8 Å². The Labute approximate surface area is 205 Å². The molecule has 0 bridgehead atoms. The molecule has 6 heteroatoms. The number of ether oxygens (including phenoxy) is 1. The predicted octanol–water partition coefficient (Wildman–Crippen LogP) is 5.73. The number of hydrogen-bond donors (Lipinski definition) is 2. The van der Waals surface area contributed by atoms with Gasteiger partial charge in [0.15, 0.2) is 0 Å². The average molecular weight is 472 g/mol. The average Bonchev–Trinajstić information content (AvgIpc) is 3.05. The number of nitrogens with zero attached hydrogens (tertiary/aromatic N) is 1. The molecule has 1 aliphatic rings. The van der Waals surface area contributed by atoms with Gasteiger partial charge in [-0.3, -0.25) is 14.5 Å². The first-order valence-electron chi connectivity index (χ1n) is 11.5. The summed E-state index contributed by atoms with van der Waals surface area (Å²) in [6.07, 6.45) is -0.00860. The topological polar surface area (TPSA) is 87.1 Å². The number of benzene rings is 3. The maximum atomic E-state index is 13.3. The largest absolute Gasteiger partial charge is 0.508 e. The summed E-state index contributed by atoms with van der Waals surface area (Å²) in [5, 5.41) is 21.2. The van der Waals surface area contributed by atoms with Crippen LogP contribution in [0.15, 0.2) is 66.2 Å². The van der Waals surface area contributed by atoms with Crippen molar-refractivity contribution in [3.8, 4) is 11.5 Å². The first-order valence-corrected chi connectivity index (χ1v) is 11.5. The van der Waals surface area contributed by atoms with Gasteiger partial charge in [0.05, 0.1) is 17.7 Å². The molecule has 1 heterocycles. The van der Waals surface area contributed by atoms with Crippen LogP contribution in [0.2, 0.25) is 0 Å². The van der Waals surface area contributed by atoms with Gasteiger partial charge >= 0.3 is 0 Å². The number of carbonyl (C=O) groups excluding carboxylic acids is 2. The summed E-state index contributed by atoms with van der Waals surface area (Å²) < 4.78 is 5.79. The lowest BCUT2D eigenvalue weighted by molar-refractivity contribution is -0.132. The molecule has 6 nitrogen and oxygen atoms in total. The number of rotatable bonds is 5. The van der Waals surface area contributed by atoms with Crippen LogP contribution in [-0.2, 0) is 9.59 Å². The number of anilines is 1. The number of phenols is 1. The molecule has 1 amide bonds. The number of aromatic hydroxyl groups is 1. The van der Waals surface area contributed by atoms with E-state index >= 15 is 0 Å². The number of amides is 1. The molecular formula is C29H29NO5. The van der Waals surface area contributed by atoms with E-state index < -0.39 is 17.7 Å². The van der Waals surface area contributed by atoms with E-state index in [2.05, 4.69) is 0 Å². The van der Waals surface area contributed by atoms with Gasteiger partial charge in [0.1, 0.15) is 17.3 Å². The van der Waals surface area contributed by atoms with Gasteiger partial charge in [-0.1, -0.05) is 29.8 Å². The quantitative estimate of drug-likeness (QED) is 0.282. The fraction of sp³-hybridized carbons (Fsp3) is 0.241. The predicted molar refractivity (Wildman–Crippen MR) is 136 cm³/mol. The molecule has 1 unspecified atom stereocenters. The minimum absolute atomic E-state index is 0.00223. The lowest BCUT2D eigenvalue weighted by atomic mass is 9.94. The summed E-state index contributed by atoms with van der Waals surface area (Å²) in [5.41, 5.74) is 4.27. The Hall–Kier alpha value is -4.06. The van der Waals surface area contributed by atoms with Crippen LogP contribution in [0.1, 0.15) is 47.7 Å². The minimum Gasteiger partial charge on any atom is -0.508 e. The van der Waals surface area contributed by atoms with Crippen molar-refractivity contribution in [3.63, 3.8) is 0 Å². The minimum atomic E-state index is -0.857. The van der Waals surface area contributed by atoms with Crippen molar-refractivity contribution in [2.24, 2.45) is 0 Å². The molecule has 0 radical (unpaired) electrons. The number of ketones is 1. The summed E-state index contributed by atoms with van der Waals surface area (Å²) >= 11 is 0. The number of aliphatic hydroxyl groups excluding tert-OH is 1. The van der Waals surface area contributed by atoms with Gasteiger partial charge in [-0.05, 0) is 87.7 Å². The lowest BCUT2D eigenvalue weighted by Crippen LogP contribution is -2.30. The van der Waals surface area contributed by atoms with E-state index in [1.54, 1.807) is 30.3 Å². The zero-order chi connectivity index (χ0) is 25.4. The van der Waals surface area contributed by atoms with Crippen molar-refractivity contribution in [3.05, 3.63) is 94.1 Å². The smallest absolute Gasteiger partial charge is 0.300 e. The highest BCUT2D eigenvalue weighted by Gasteiger charge is 2.47. The van der Waals surface area contributed by atoms with Crippen molar-refractivity contribution in [1.29, 1.82) is 0 Å². The van der Waals surface area contributed by atoms with Crippen molar-refractivity contribution < 1.29 is 24.5 Å². The summed E-state index contributed by atoms with van der Waals surface area (Å²) in [7, 11) is 0. The molecule has 180 valence electrons. The van der Waals surface area contributed by atoms with Gasteiger partial charge in [0, 0.05) is 11.3 Å². The summed E-state index contributed by atoms with van der Waals surface area (Å²) in [5.74, 6) is -0.988. The molecule has 0 aromatic heterocycles. The number of hydrogen-bond acceptors (Lipinski definition) is 5. The Morgan fingerprint density at radius 2 is 1.60 bits per heavy atom. The molecule has 1 fully saturated rings. The highest BCUT2D eigenvalue weighted by atomic mass is 16.5. The summed E-state index contributed by atoms with van der Waals surface area (Å²) in [6, 6.07) is 16.3. The van der Waals surface area contributed by atoms with Gasteiger partial charge in [0.2, 0.25) is 0 Å². The standard InChI is InChI=1S/C29H29NO5/c1-16(2)35-24-13-9-21(15-19(24)5)27(32)25-26(20-7-10-22(31)11-8-20)30(29(34)28(25)33)23-12-6-17(3)14-18(23)4/h6-16,26,31-32H,1-5H3/b27-25+. The Balaban J connectivity index is 1.91. The van der Waals surface area contributed by atoms with E-state index in [0.29, 0.717) is 22.6 Å². The fourth-order valence-corrected chi connectivity index (χ4v) is 4.47. The van der Waals surface area contributed by atoms with Crippen LogP contribution in [0.4, 0.5) is 5.69 Å². The molecule has 3 aromatic rings. The first-order chi connectivity index (χ1) is 16.6. The second-order valence-electron chi connectivity index (χ2n) is 9.20. The zero-order valence-electron chi connectivity index (χ0n) is 20.5. The molecule has 3 aromatic carbocycles. The molecule has 1 saturated heterocycles. The Kier molecular flexibility index (Phi) is 6.39. The van der Waals surface area contributed by atoms with Gasteiger partial charge in [-0.25, -0.2) is 0 Å². The van der Waals surface area contributed by atoms with Crippen LogP contribution in [0.3, 0.4) is 0 Å². The number of phenolic OH excluding ortho intramolecular Hbond substituents is 1. The lowest BCUT2D eigenvalue weighted by Gasteiger charge is -2.27. The summed E-state index contributed by atoms with van der Waals surface area (Å²) in [6.45, 7) is 9.56. The van der Waals surface area contributed by atoms with Crippen molar-refractivity contribution >= 4 is 23.1 Å². The molecule has 4 rings (SSSR count). The molecule has 0 spiro atoms.